The monoisotopic (exact) mass is 451 g/mol. The zero-order chi connectivity index (χ0) is 22.5. The molecule has 2 aromatic carbocycles. The molecule has 3 aromatic rings. The highest BCUT2D eigenvalue weighted by Gasteiger charge is 2.32. The van der Waals surface area contributed by atoms with Crippen molar-refractivity contribution in [1.29, 1.82) is 0 Å². The maximum Gasteiger partial charge on any atom is 0.262 e. The lowest BCUT2D eigenvalue weighted by atomic mass is 10.1. The Morgan fingerprint density at radius 1 is 1.16 bits per heavy atom. The number of rotatable bonds is 7. The third-order valence-corrected chi connectivity index (χ3v) is 6.17. The van der Waals surface area contributed by atoms with E-state index in [2.05, 4.69) is 5.32 Å². The van der Waals surface area contributed by atoms with Crippen LogP contribution in [0.15, 0.2) is 66.0 Å². The molecule has 1 aliphatic heterocycles. The van der Waals surface area contributed by atoms with Gasteiger partial charge in [0.25, 0.3) is 5.91 Å². The van der Waals surface area contributed by atoms with Crippen LogP contribution >= 0.6 is 11.3 Å². The normalized spacial score (nSPS) is 14.8. The average molecular weight is 452 g/mol. The van der Waals surface area contributed by atoms with E-state index in [4.69, 9.17) is 9.47 Å². The lowest BCUT2D eigenvalue weighted by molar-refractivity contribution is -0.127. The van der Waals surface area contributed by atoms with Crippen molar-refractivity contribution in [2.75, 3.05) is 37.0 Å². The summed E-state index contributed by atoms with van der Waals surface area (Å²) in [6.07, 6.45) is -0.686. The van der Waals surface area contributed by atoms with Gasteiger partial charge in [-0.2, -0.15) is 0 Å². The van der Waals surface area contributed by atoms with Gasteiger partial charge in [0, 0.05) is 17.6 Å². The largest absolute Gasteiger partial charge is 0.497 e. The molecule has 1 aromatic heterocycles. The number of methoxy groups -OCH3 is 1. The Kier molecular flexibility index (Phi) is 6.61. The van der Waals surface area contributed by atoms with E-state index in [0.29, 0.717) is 12.3 Å². The number of amides is 2. The summed E-state index contributed by atoms with van der Waals surface area (Å²) in [7, 11) is 3.19. The first-order valence-corrected chi connectivity index (χ1v) is 11.2. The summed E-state index contributed by atoms with van der Waals surface area (Å²) in [4.78, 5) is 30.6. The Hall–Kier alpha value is -3.52. The van der Waals surface area contributed by atoms with Gasteiger partial charge in [0.05, 0.1) is 32.4 Å². The molecule has 0 saturated heterocycles. The van der Waals surface area contributed by atoms with E-state index in [1.807, 2.05) is 70.9 Å². The van der Waals surface area contributed by atoms with Crippen molar-refractivity contribution < 1.29 is 19.1 Å². The summed E-state index contributed by atoms with van der Waals surface area (Å²) in [6, 6.07) is 18.9. The molecule has 32 heavy (non-hydrogen) atoms. The van der Waals surface area contributed by atoms with Crippen molar-refractivity contribution in [3.8, 4) is 11.5 Å². The predicted molar refractivity (Wildman–Crippen MR) is 126 cm³/mol. The quantitative estimate of drug-likeness (QED) is 0.597. The molecule has 4 rings (SSSR count). The summed E-state index contributed by atoms with van der Waals surface area (Å²) in [5.74, 6) is 1.03. The number of carbonyl (C=O) groups is 2. The van der Waals surface area contributed by atoms with Crippen LogP contribution in [0.4, 0.5) is 11.4 Å². The van der Waals surface area contributed by atoms with Gasteiger partial charge in [-0.1, -0.05) is 18.2 Å². The third kappa shape index (κ3) is 4.70. The van der Waals surface area contributed by atoms with Crippen LogP contribution in [-0.4, -0.2) is 45.2 Å². The van der Waals surface area contributed by atoms with Crippen LogP contribution in [0, 0.1) is 0 Å². The molecule has 0 fully saturated rings. The van der Waals surface area contributed by atoms with Gasteiger partial charge in [0.1, 0.15) is 11.5 Å². The van der Waals surface area contributed by atoms with E-state index < -0.39 is 6.10 Å². The van der Waals surface area contributed by atoms with Crippen molar-refractivity contribution in [3.63, 3.8) is 0 Å². The Bertz CT molecular complexity index is 1070. The van der Waals surface area contributed by atoms with Crippen molar-refractivity contribution in [2.45, 2.75) is 12.6 Å². The maximum absolute atomic E-state index is 13.6. The zero-order valence-corrected chi connectivity index (χ0v) is 18.8. The maximum atomic E-state index is 13.6. The number of ether oxygens (including phenoxy) is 2. The minimum absolute atomic E-state index is 0.0732. The molecule has 0 aliphatic carbocycles. The summed E-state index contributed by atoms with van der Waals surface area (Å²) >= 11 is 1.61. The van der Waals surface area contributed by atoms with Gasteiger partial charge in [-0.15, -0.1) is 11.3 Å². The van der Waals surface area contributed by atoms with Crippen LogP contribution in [0.2, 0.25) is 0 Å². The van der Waals surface area contributed by atoms with Crippen LogP contribution < -0.4 is 24.6 Å². The molecule has 0 bridgehead atoms. The average Bonchev–Trinajstić information content (AvgIpc) is 3.35. The Balaban J connectivity index is 1.61. The van der Waals surface area contributed by atoms with Crippen LogP contribution in [0.25, 0.3) is 0 Å². The van der Waals surface area contributed by atoms with Crippen LogP contribution in [0.5, 0.6) is 11.5 Å². The van der Waals surface area contributed by atoms with Gasteiger partial charge in [-0.05, 0) is 47.8 Å². The minimum atomic E-state index is -0.686. The van der Waals surface area contributed by atoms with E-state index in [9.17, 15) is 9.59 Å². The van der Waals surface area contributed by atoms with Crippen molar-refractivity contribution >= 4 is 34.5 Å². The van der Waals surface area contributed by atoms with Gasteiger partial charge < -0.3 is 24.6 Å². The van der Waals surface area contributed by atoms with Crippen molar-refractivity contribution in [2.24, 2.45) is 0 Å². The number of hydrogen-bond acceptors (Lipinski definition) is 6. The number of nitrogens with zero attached hydrogens (tertiary/aromatic N) is 2. The molecule has 1 N–H and O–H groups in total. The molecule has 1 atom stereocenters. The first-order chi connectivity index (χ1) is 15.6. The molecule has 2 heterocycles. The number of para-hydroxylation sites is 2. The number of thiophene rings is 1. The molecular formula is C24H25N3O4S. The summed E-state index contributed by atoms with van der Waals surface area (Å²) in [6.45, 7) is 0.872. The highest BCUT2D eigenvalue weighted by Crippen LogP contribution is 2.33. The molecule has 2 amide bonds. The van der Waals surface area contributed by atoms with Crippen molar-refractivity contribution in [1.82, 2.24) is 5.32 Å². The second-order valence-electron chi connectivity index (χ2n) is 7.33. The first-order valence-electron chi connectivity index (χ1n) is 10.3. The molecule has 0 unspecified atom stereocenters. The number of fused-ring (bicyclic) bond motifs is 1. The molecule has 0 saturated carbocycles. The van der Waals surface area contributed by atoms with E-state index in [-0.39, 0.29) is 24.9 Å². The summed E-state index contributed by atoms with van der Waals surface area (Å²) < 4.78 is 11.1. The fourth-order valence-corrected chi connectivity index (χ4v) is 4.34. The highest BCUT2D eigenvalue weighted by molar-refractivity contribution is 7.09. The second-order valence-corrected chi connectivity index (χ2v) is 8.36. The topological polar surface area (TPSA) is 71.1 Å². The Morgan fingerprint density at radius 2 is 1.94 bits per heavy atom. The number of nitrogens with one attached hydrogen (secondary N) is 1. The van der Waals surface area contributed by atoms with Gasteiger partial charge in [-0.25, -0.2) is 0 Å². The fraction of sp³-hybridized carbons (Fsp3) is 0.250. The zero-order valence-electron chi connectivity index (χ0n) is 18.0. The van der Waals surface area contributed by atoms with Gasteiger partial charge in [-0.3, -0.25) is 9.59 Å². The van der Waals surface area contributed by atoms with Crippen LogP contribution in [0.1, 0.15) is 4.88 Å². The summed E-state index contributed by atoms with van der Waals surface area (Å²) in [5.41, 5.74) is 1.58. The van der Waals surface area contributed by atoms with E-state index in [1.165, 1.54) is 0 Å². The molecule has 166 valence electrons. The lowest BCUT2D eigenvalue weighted by Gasteiger charge is -2.36. The molecule has 0 spiro atoms. The third-order valence-electron chi connectivity index (χ3n) is 5.31. The number of anilines is 2. The number of carbonyl (C=O) groups excluding carboxylic acids is 2. The SMILES string of the molecule is CNC(=O)[C@@H]1CN(CC(=O)N(Cc2cccs2)c2ccc(OC)cc2)c2ccccc2O1. The summed E-state index contributed by atoms with van der Waals surface area (Å²) in [5, 5.41) is 4.63. The van der Waals surface area contributed by atoms with Gasteiger partial charge in [0.2, 0.25) is 5.91 Å². The molecule has 7 nitrogen and oxygen atoms in total. The second kappa shape index (κ2) is 9.74. The Morgan fingerprint density at radius 3 is 2.62 bits per heavy atom. The van der Waals surface area contributed by atoms with Crippen molar-refractivity contribution in [3.05, 3.63) is 70.9 Å². The number of benzene rings is 2. The van der Waals surface area contributed by atoms with Gasteiger partial charge in [0.15, 0.2) is 6.10 Å². The molecule has 0 radical (unpaired) electrons. The molecular weight excluding hydrogens is 426 g/mol. The van der Waals surface area contributed by atoms with Crippen LogP contribution in [0.3, 0.4) is 0 Å². The standard InChI is InChI=1S/C24H25N3O4S/c1-25-24(29)22-15-26(20-7-3-4-8-21(20)31-22)16-23(28)27(14-19-6-5-13-32-19)17-9-11-18(30-2)12-10-17/h3-13,22H,14-16H2,1-2H3,(H,25,29)/t22-/m0/s1. The molecule has 1 aliphatic rings. The minimum Gasteiger partial charge on any atom is -0.497 e. The first kappa shape index (κ1) is 21.7. The van der Waals surface area contributed by atoms with E-state index >= 15 is 0 Å². The smallest absolute Gasteiger partial charge is 0.262 e. The van der Waals surface area contributed by atoms with Crippen LogP contribution in [-0.2, 0) is 16.1 Å². The Labute approximate surface area is 191 Å². The molecule has 8 heteroatoms. The van der Waals surface area contributed by atoms with E-state index in [0.717, 1.165) is 22.0 Å². The number of likely N-dealkylation sites (N-methyl/N-ethyl adjacent to an activating group) is 1. The fourth-order valence-electron chi connectivity index (χ4n) is 3.65. The van der Waals surface area contributed by atoms with Gasteiger partial charge >= 0.3 is 0 Å². The van der Waals surface area contributed by atoms with E-state index in [1.54, 1.807) is 30.4 Å². The lowest BCUT2D eigenvalue weighted by Crippen LogP contribution is -2.51. The predicted octanol–water partition coefficient (Wildman–Crippen LogP) is 3.30. The number of hydrogen-bond donors (Lipinski definition) is 1. The highest BCUT2D eigenvalue weighted by atomic mass is 32.1.